The molecule has 2 heteroatoms. The molecule has 0 aromatic carbocycles. The zero-order valence-corrected chi connectivity index (χ0v) is 6.70. The van der Waals surface area contributed by atoms with E-state index in [9.17, 15) is 5.11 Å². The van der Waals surface area contributed by atoms with Crippen molar-refractivity contribution in [3.05, 3.63) is 35.3 Å². The lowest BCUT2D eigenvalue weighted by Gasteiger charge is -1.98. The summed E-state index contributed by atoms with van der Waals surface area (Å²) in [5.41, 5.74) is 0.804. The van der Waals surface area contributed by atoms with Gasteiger partial charge in [0.15, 0.2) is 0 Å². The maximum absolute atomic E-state index is 9.24. The average Bonchev–Trinajstić information content (AvgIpc) is 1.93. The van der Waals surface area contributed by atoms with Crippen LogP contribution >= 0.6 is 0 Å². The molecule has 0 radical (unpaired) electrons. The van der Waals surface area contributed by atoms with Crippen LogP contribution < -0.4 is 0 Å². The van der Waals surface area contributed by atoms with Gasteiger partial charge >= 0.3 is 0 Å². The van der Waals surface area contributed by atoms with Gasteiger partial charge in [0.2, 0.25) is 0 Å². The first kappa shape index (κ1) is 7.92. The molecule has 0 saturated carbocycles. The van der Waals surface area contributed by atoms with E-state index in [0.717, 1.165) is 5.57 Å². The fourth-order valence-corrected chi connectivity index (χ4v) is 1.10. The normalized spacial score (nSPS) is 24.9. The zero-order chi connectivity index (χ0) is 8.43. The van der Waals surface area contributed by atoms with E-state index in [4.69, 9.17) is 5.11 Å². The first-order valence-corrected chi connectivity index (χ1v) is 3.60. The van der Waals surface area contributed by atoms with Crippen LogP contribution in [0.15, 0.2) is 35.3 Å². The van der Waals surface area contributed by atoms with Crippen LogP contribution in [0.3, 0.4) is 0 Å². The van der Waals surface area contributed by atoms with Crippen molar-refractivity contribution in [1.82, 2.24) is 0 Å². The molecule has 1 unspecified atom stereocenters. The molecule has 0 heterocycles. The Morgan fingerprint density at radius 2 is 1.91 bits per heavy atom. The van der Waals surface area contributed by atoms with Gasteiger partial charge in [0.05, 0.1) is 0 Å². The van der Waals surface area contributed by atoms with Gasteiger partial charge in [-0.3, -0.25) is 0 Å². The van der Waals surface area contributed by atoms with Crippen LogP contribution in [-0.4, -0.2) is 10.2 Å². The topological polar surface area (TPSA) is 40.5 Å². The minimum atomic E-state index is 0.128. The predicted molar refractivity (Wildman–Crippen MR) is 44.3 cm³/mol. The number of aliphatic hydroxyl groups is 2. The standard InChI is InChI=1S/C9H12O2/c1-6-3-7(2)9(11)5-8(10)4-6/h3-6,10-11H,1-2H3. The smallest absolute Gasteiger partial charge is 0.121 e. The van der Waals surface area contributed by atoms with Gasteiger partial charge < -0.3 is 10.2 Å². The summed E-state index contributed by atoms with van der Waals surface area (Å²) >= 11 is 0. The lowest BCUT2D eigenvalue weighted by atomic mass is 10.1. The summed E-state index contributed by atoms with van der Waals surface area (Å²) in [6.07, 6.45) is 4.94. The Morgan fingerprint density at radius 1 is 1.27 bits per heavy atom. The second kappa shape index (κ2) is 2.82. The van der Waals surface area contributed by atoms with Crippen LogP contribution in [0.5, 0.6) is 0 Å². The van der Waals surface area contributed by atoms with Crippen molar-refractivity contribution in [2.24, 2.45) is 5.92 Å². The van der Waals surface area contributed by atoms with Gasteiger partial charge in [-0.1, -0.05) is 13.0 Å². The first-order valence-electron chi connectivity index (χ1n) is 3.60. The average molecular weight is 152 g/mol. The molecule has 1 aliphatic carbocycles. The molecule has 0 saturated heterocycles. The van der Waals surface area contributed by atoms with Crippen LogP contribution in [0.2, 0.25) is 0 Å². The molecular formula is C9H12O2. The maximum atomic E-state index is 9.24. The van der Waals surface area contributed by atoms with Gasteiger partial charge in [-0.15, -0.1) is 0 Å². The molecule has 1 aliphatic rings. The van der Waals surface area contributed by atoms with Crippen LogP contribution in [0.1, 0.15) is 13.8 Å². The molecule has 0 spiro atoms. The van der Waals surface area contributed by atoms with Crippen LogP contribution in [-0.2, 0) is 0 Å². The molecule has 1 atom stereocenters. The van der Waals surface area contributed by atoms with Gasteiger partial charge in [-0.2, -0.15) is 0 Å². The van der Waals surface area contributed by atoms with Crippen molar-refractivity contribution in [1.29, 1.82) is 0 Å². The molecule has 2 nitrogen and oxygen atoms in total. The Hall–Kier alpha value is -1.18. The lowest BCUT2D eigenvalue weighted by Crippen LogP contribution is -1.85. The Bertz CT molecular complexity index is 246. The molecule has 0 aromatic heterocycles. The minimum absolute atomic E-state index is 0.128. The van der Waals surface area contributed by atoms with Crippen LogP contribution in [0, 0.1) is 5.92 Å². The van der Waals surface area contributed by atoms with E-state index < -0.39 is 0 Å². The van der Waals surface area contributed by atoms with E-state index in [0.29, 0.717) is 0 Å². The van der Waals surface area contributed by atoms with Gasteiger partial charge in [-0.25, -0.2) is 0 Å². The molecule has 0 amide bonds. The molecule has 0 aliphatic heterocycles. The summed E-state index contributed by atoms with van der Waals surface area (Å²) in [6.45, 7) is 3.76. The first-order chi connectivity index (χ1) is 5.09. The Labute approximate surface area is 66.2 Å². The molecule has 2 N–H and O–H groups in total. The zero-order valence-electron chi connectivity index (χ0n) is 6.70. The van der Waals surface area contributed by atoms with Crippen LogP contribution in [0.25, 0.3) is 0 Å². The highest BCUT2D eigenvalue weighted by Gasteiger charge is 2.05. The van der Waals surface area contributed by atoms with Crippen molar-refractivity contribution in [2.75, 3.05) is 0 Å². The molecule has 0 bridgehead atoms. The van der Waals surface area contributed by atoms with Crippen molar-refractivity contribution in [3.8, 4) is 0 Å². The SMILES string of the molecule is CC1=CC(C)C=C(O)C=C1O. The fourth-order valence-electron chi connectivity index (χ4n) is 1.10. The third-order valence-electron chi connectivity index (χ3n) is 1.64. The fraction of sp³-hybridized carbons (Fsp3) is 0.333. The molecule has 0 fully saturated rings. The summed E-state index contributed by atoms with van der Waals surface area (Å²) in [7, 11) is 0. The number of hydrogen-bond donors (Lipinski definition) is 2. The van der Waals surface area contributed by atoms with Crippen molar-refractivity contribution < 1.29 is 10.2 Å². The number of aliphatic hydroxyl groups excluding tert-OH is 2. The Morgan fingerprint density at radius 3 is 2.55 bits per heavy atom. The number of hydrogen-bond acceptors (Lipinski definition) is 2. The molecule has 0 aromatic rings. The van der Waals surface area contributed by atoms with Crippen molar-refractivity contribution in [3.63, 3.8) is 0 Å². The van der Waals surface area contributed by atoms with Gasteiger partial charge in [-0.05, 0) is 24.5 Å². The van der Waals surface area contributed by atoms with E-state index in [1.807, 2.05) is 19.9 Å². The largest absolute Gasteiger partial charge is 0.508 e. The summed E-state index contributed by atoms with van der Waals surface area (Å²) in [6, 6.07) is 0. The number of rotatable bonds is 0. The summed E-state index contributed by atoms with van der Waals surface area (Å²) in [4.78, 5) is 0. The molecule has 11 heavy (non-hydrogen) atoms. The van der Waals surface area contributed by atoms with Gasteiger partial charge in [0.1, 0.15) is 11.5 Å². The van der Waals surface area contributed by atoms with E-state index in [1.165, 1.54) is 6.08 Å². The quantitative estimate of drug-likeness (QED) is 0.559. The second-order valence-electron chi connectivity index (χ2n) is 2.83. The van der Waals surface area contributed by atoms with Crippen LogP contribution in [0.4, 0.5) is 0 Å². The predicted octanol–water partition coefficient (Wildman–Crippen LogP) is 2.47. The molecule has 1 rings (SSSR count). The Balaban J connectivity index is 3.01. The van der Waals surface area contributed by atoms with Gasteiger partial charge in [0.25, 0.3) is 0 Å². The van der Waals surface area contributed by atoms with Crippen molar-refractivity contribution in [2.45, 2.75) is 13.8 Å². The van der Waals surface area contributed by atoms with Gasteiger partial charge in [0, 0.05) is 6.08 Å². The van der Waals surface area contributed by atoms with E-state index >= 15 is 0 Å². The minimum Gasteiger partial charge on any atom is -0.508 e. The monoisotopic (exact) mass is 152 g/mol. The summed E-state index contributed by atoms with van der Waals surface area (Å²) in [5.74, 6) is 0.446. The Kier molecular flexibility index (Phi) is 2.03. The maximum Gasteiger partial charge on any atom is 0.121 e. The highest BCUT2D eigenvalue weighted by atomic mass is 16.3. The highest BCUT2D eigenvalue weighted by molar-refractivity contribution is 5.33. The third-order valence-corrected chi connectivity index (χ3v) is 1.64. The third kappa shape index (κ3) is 1.87. The van der Waals surface area contributed by atoms with Crippen molar-refractivity contribution >= 4 is 0 Å². The number of allylic oxidation sites excluding steroid dienone is 4. The second-order valence-corrected chi connectivity index (χ2v) is 2.83. The summed E-state index contributed by atoms with van der Waals surface area (Å²) in [5, 5.41) is 18.4. The highest BCUT2D eigenvalue weighted by Crippen LogP contribution is 2.17. The lowest BCUT2D eigenvalue weighted by molar-refractivity contribution is 0.400. The van der Waals surface area contributed by atoms with E-state index in [2.05, 4.69) is 0 Å². The van der Waals surface area contributed by atoms with E-state index in [1.54, 1.807) is 6.08 Å². The molecular weight excluding hydrogens is 140 g/mol. The van der Waals surface area contributed by atoms with E-state index in [-0.39, 0.29) is 17.4 Å². The molecule has 60 valence electrons. The summed E-state index contributed by atoms with van der Waals surface area (Å²) < 4.78 is 0.